The lowest BCUT2D eigenvalue weighted by Crippen LogP contribution is -2.41. The van der Waals surface area contributed by atoms with E-state index >= 15 is 0 Å². The fourth-order valence-corrected chi connectivity index (χ4v) is 1.42. The molecule has 0 aliphatic carbocycles. The largest absolute Gasteiger partial charge is 0.501 e. The minimum Gasteiger partial charge on any atom is -0.399 e. The van der Waals surface area contributed by atoms with E-state index in [1.807, 2.05) is 34.6 Å². The van der Waals surface area contributed by atoms with E-state index in [-0.39, 0.29) is 5.47 Å². The first-order valence-corrected chi connectivity index (χ1v) is 5.75. The molecule has 0 amide bonds. The summed E-state index contributed by atoms with van der Waals surface area (Å²) in [5.41, 5.74) is -0.970. The van der Waals surface area contributed by atoms with Gasteiger partial charge in [-0.2, -0.15) is 4.39 Å². The third-order valence-corrected chi connectivity index (χ3v) is 3.22. The highest BCUT2D eigenvalue weighted by molar-refractivity contribution is 6.61. The van der Waals surface area contributed by atoms with Crippen molar-refractivity contribution in [2.45, 2.75) is 45.8 Å². The van der Waals surface area contributed by atoms with Gasteiger partial charge in [0.15, 0.2) is 0 Å². The molecular formula is C11H20BFN2O2. The highest BCUT2D eigenvalue weighted by Crippen LogP contribution is 2.38. The lowest BCUT2D eigenvalue weighted by atomic mass is 9.79. The van der Waals surface area contributed by atoms with Crippen LogP contribution in [0.1, 0.15) is 34.6 Å². The molecule has 0 atom stereocenters. The van der Waals surface area contributed by atoms with E-state index in [9.17, 15) is 4.39 Å². The van der Waals surface area contributed by atoms with Crippen LogP contribution in [-0.2, 0) is 9.31 Å². The van der Waals surface area contributed by atoms with Gasteiger partial charge in [-0.25, -0.2) is 0 Å². The van der Waals surface area contributed by atoms with E-state index in [1.165, 1.54) is 6.20 Å². The molecule has 0 bridgehead atoms. The van der Waals surface area contributed by atoms with Gasteiger partial charge >= 0.3 is 7.12 Å². The third-order valence-electron chi connectivity index (χ3n) is 3.22. The van der Waals surface area contributed by atoms with Gasteiger partial charge in [0.05, 0.1) is 16.7 Å². The number of hydrogen-bond acceptors (Lipinski definition) is 4. The first kappa shape index (κ1) is 14.2. The van der Waals surface area contributed by atoms with Gasteiger partial charge in [-0.05, 0) is 34.6 Å². The maximum atomic E-state index is 13.2. The lowest BCUT2D eigenvalue weighted by Gasteiger charge is -2.32. The minimum absolute atomic E-state index is 0.0884. The van der Waals surface area contributed by atoms with Crippen molar-refractivity contribution in [1.29, 1.82) is 5.41 Å². The minimum atomic E-state index is -1.04. The number of rotatable bonds is 4. The van der Waals surface area contributed by atoms with Gasteiger partial charge < -0.3 is 14.6 Å². The molecule has 2 N–H and O–H groups in total. The standard InChI is InChI=1S/C11H20BFN2O2/c1-6-15-7-8(9(13)14)12-16-10(2,3)11(4,5)17-12/h7,14-15H,6H2,1-5H3/b8-7+,14-9?. The summed E-state index contributed by atoms with van der Waals surface area (Å²) in [6, 6.07) is 0. The van der Waals surface area contributed by atoms with Gasteiger partial charge in [-0.3, -0.25) is 5.41 Å². The van der Waals surface area contributed by atoms with Crippen LogP contribution in [0.15, 0.2) is 11.7 Å². The van der Waals surface area contributed by atoms with Crippen LogP contribution in [0.3, 0.4) is 0 Å². The molecule has 0 radical (unpaired) electrons. The monoisotopic (exact) mass is 242 g/mol. The normalized spacial score (nSPS) is 22.7. The van der Waals surface area contributed by atoms with E-state index in [2.05, 4.69) is 5.32 Å². The summed E-state index contributed by atoms with van der Waals surface area (Å²) in [7, 11) is -0.837. The van der Waals surface area contributed by atoms with Crippen molar-refractivity contribution < 1.29 is 13.7 Å². The molecule has 4 nitrogen and oxygen atoms in total. The van der Waals surface area contributed by atoms with Crippen LogP contribution in [-0.4, -0.2) is 30.8 Å². The fourth-order valence-electron chi connectivity index (χ4n) is 1.42. The molecular weight excluding hydrogens is 222 g/mol. The van der Waals surface area contributed by atoms with Crippen molar-refractivity contribution in [3.63, 3.8) is 0 Å². The van der Waals surface area contributed by atoms with Crippen LogP contribution in [0.4, 0.5) is 4.39 Å². The van der Waals surface area contributed by atoms with E-state index in [0.717, 1.165) is 0 Å². The maximum Gasteiger partial charge on any atom is 0.501 e. The first-order chi connectivity index (χ1) is 7.71. The predicted octanol–water partition coefficient (Wildman–Crippen LogP) is 2.06. The molecule has 0 unspecified atom stereocenters. The summed E-state index contributed by atoms with van der Waals surface area (Å²) in [6.45, 7) is 10.1. The Morgan fingerprint density at radius 3 is 2.12 bits per heavy atom. The zero-order valence-corrected chi connectivity index (χ0v) is 11.1. The molecule has 1 aliphatic rings. The number of nitrogens with one attached hydrogen (secondary N) is 2. The SMILES string of the molecule is CCN/C=C(/B1OC(C)(C)C(C)(C)O1)C(=N)F. The molecule has 96 valence electrons. The smallest absolute Gasteiger partial charge is 0.399 e. The van der Waals surface area contributed by atoms with Crippen LogP contribution in [0, 0.1) is 5.41 Å². The molecule has 1 saturated heterocycles. The number of hydrogen-bond donors (Lipinski definition) is 2. The van der Waals surface area contributed by atoms with Crippen molar-refractivity contribution >= 4 is 13.1 Å². The van der Waals surface area contributed by atoms with Gasteiger partial charge in [-0.15, -0.1) is 0 Å². The summed E-state index contributed by atoms with van der Waals surface area (Å²) < 4.78 is 24.5. The molecule has 1 heterocycles. The van der Waals surface area contributed by atoms with Crippen molar-refractivity contribution in [3.05, 3.63) is 11.7 Å². The Bertz CT molecular complexity index is 326. The summed E-state index contributed by atoms with van der Waals surface area (Å²) >= 11 is 0. The Morgan fingerprint density at radius 2 is 1.76 bits per heavy atom. The van der Waals surface area contributed by atoms with Crippen LogP contribution in [0.25, 0.3) is 0 Å². The predicted molar refractivity (Wildman–Crippen MR) is 66.7 cm³/mol. The van der Waals surface area contributed by atoms with Gasteiger partial charge in [0.25, 0.3) is 0 Å². The second kappa shape index (κ2) is 4.78. The Balaban J connectivity index is 2.91. The topological polar surface area (TPSA) is 54.3 Å². The number of allylic oxidation sites excluding steroid dienone is 1. The summed E-state index contributed by atoms with van der Waals surface area (Å²) in [5, 5.41) is 9.98. The van der Waals surface area contributed by atoms with Gasteiger partial charge in [0, 0.05) is 12.7 Å². The fraction of sp³-hybridized carbons (Fsp3) is 0.727. The quantitative estimate of drug-likeness (QED) is 0.586. The Labute approximate surface area is 102 Å². The Morgan fingerprint density at radius 1 is 1.29 bits per heavy atom. The zero-order chi connectivity index (χ0) is 13.3. The van der Waals surface area contributed by atoms with E-state index in [0.29, 0.717) is 6.54 Å². The Kier molecular flexibility index (Phi) is 3.99. The average molecular weight is 242 g/mol. The van der Waals surface area contributed by atoms with E-state index in [4.69, 9.17) is 14.7 Å². The van der Waals surface area contributed by atoms with Gasteiger partial charge in [0.2, 0.25) is 5.97 Å². The zero-order valence-electron chi connectivity index (χ0n) is 11.1. The molecule has 6 heteroatoms. The van der Waals surface area contributed by atoms with Gasteiger partial charge in [-0.1, -0.05) is 0 Å². The molecule has 0 spiro atoms. The van der Waals surface area contributed by atoms with Crippen LogP contribution >= 0.6 is 0 Å². The highest BCUT2D eigenvalue weighted by Gasteiger charge is 2.53. The summed E-state index contributed by atoms with van der Waals surface area (Å²) in [6.07, 6.45) is 1.44. The molecule has 0 aromatic heterocycles. The molecule has 17 heavy (non-hydrogen) atoms. The third kappa shape index (κ3) is 2.87. The van der Waals surface area contributed by atoms with Crippen LogP contribution in [0.5, 0.6) is 0 Å². The maximum absolute atomic E-state index is 13.2. The lowest BCUT2D eigenvalue weighted by molar-refractivity contribution is 0.00578. The average Bonchev–Trinajstić information content (AvgIpc) is 2.35. The summed E-state index contributed by atoms with van der Waals surface area (Å²) in [5.74, 6) is -1.04. The van der Waals surface area contributed by atoms with Gasteiger partial charge in [0.1, 0.15) is 0 Å². The molecule has 1 fully saturated rings. The first-order valence-electron chi connectivity index (χ1n) is 5.75. The van der Waals surface area contributed by atoms with Crippen LogP contribution < -0.4 is 5.32 Å². The molecule has 1 aliphatic heterocycles. The highest BCUT2D eigenvalue weighted by atomic mass is 19.1. The number of halogens is 1. The van der Waals surface area contributed by atoms with Crippen molar-refractivity contribution in [1.82, 2.24) is 5.32 Å². The summed E-state index contributed by atoms with van der Waals surface area (Å²) in [4.78, 5) is 0. The van der Waals surface area contributed by atoms with Crippen molar-refractivity contribution in [3.8, 4) is 0 Å². The van der Waals surface area contributed by atoms with E-state index in [1.54, 1.807) is 0 Å². The van der Waals surface area contributed by atoms with E-state index < -0.39 is 24.3 Å². The molecule has 0 aromatic rings. The Hall–Kier alpha value is -0.875. The van der Waals surface area contributed by atoms with Crippen LogP contribution in [0.2, 0.25) is 0 Å². The van der Waals surface area contributed by atoms with Crippen molar-refractivity contribution in [2.24, 2.45) is 0 Å². The second-order valence-electron chi connectivity index (χ2n) is 5.06. The molecule has 0 aromatic carbocycles. The molecule has 0 saturated carbocycles. The molecule has 1 rings (SSSR count). The second-order valence-corrected chi connectivity index (χ2v) is 5.06. The van der Waals surface area contributed by atoms with Crippen molar-refractivity contribution in [2.75, 3.05) is 6.54 Å².